The van der Waals surface area contributed by atoms with Crippen LogP contribution in [0.15, 0.2) is 66.9 Å². The minimum absolute atomic E-state index is 0.116. The van der Waals surface area contributed by atoms with Gasteiger partial charge >= 0.3 is 0 Å². The topological polar surface area (TPSA) is 38.9 Å². The van der Waals surface area contributed by atoms with E-state index in [4.69, 9.17) is 5.73 Å². The lowest BCUT2D eigenvalue weighted by Gasteiger charge is -2.13. The Morgan fingerprint density at radius 1 is 0.850 bits per heavy atom. The quantitative estimate of drug-likeness (QED) is 0.783. The van der Waals surface area contributed by atoms with Gasteiger partial charge in [0.1, 0.15) is 0 Å². The van der Waals surface area contributed by atoms with Crippen LogP contribution in [0.3, 0.4) is 0 Å². The molecule has 2 nitrogen and oxygen atoms in total. The second-order valence-electron chi connectivity index (χ2n) is 5.15. The van der Waals surface area contributed by atoms with Crippen molar-refractivity contribution in [2.24, 2.45) is 5.73 Å². The lowest BCUT2D eigenvalue weighted by atomic mass is 9.98. The van der Waals surface area contributed by atoms with Gasteiger partial charge < -0.3 is 5.73 Å². The summed E-state index contributed by atoms with van der Waals surface area (Å²) < 4.78 is 0. The maximum absolute atomic E-state index is 6.30. The van der Waals surface area contributed by atoms with Gasteiger partial charge in [-0.05, 0) is 30.0 Å². The van der Waals surface area contributed by atoms with Crippen LogP contribution in [-0.2, 0) is 12.8 Å². The van der Waals surface area contributed by atoms with E-state index in [1.165, 1.54) is 16.5 Å². The molecular weight excluding hydrogens is 244 g/mol. The fraction of sp³-hybridized carbons (Fsp3) is 0.167. The summed E-state index contributed by atoms with van der Waals surface area (Å²) in [5.74, 6) is 0. The molecule has 20 heavy (non-hydrogen) atoms. The molecule has 1 aromatic heterocycles. The van der Waals surface area contributed by atoms with Crippen LogP contribution >= 0.6 is 0 Å². The highest BCUT2D eigenvalue weighted by atomic mass is 14.7. The third-order valence-corrected chi connectivity index (χ3v) is 3.54. The normalized spacial score (nSPS) is 12.4. The molecule has 1 atom stereocenters. The molecule has 0 saturated heterocycles. The highest BCUT2D eigenvalue weighted by Gasteiger charge is 2.08. The van der Waals surface area contributed by atoms with Crippen LogP contribution in [0.25, 0.3) is 10.9 Å². The monoisotopic (exact) mass is 262 g/mol. The number of fused-ring (bicyclic) bond motifs is 1. The van der Waals surface area contributed by atoms with Crippen molar-refractivity contribution < 1.29 is 0 Å². The Balaban J connectivity index is 1.79. The molecule has 0 amide bonds. The standard InChI is InChI=1S/C18H18N2/c19-17(12-14-6-2-1-3-7-14)13-16-9-4-8-15-10-5-11-20-18(15)16/h1-11,17H,12-13,19H2. The number of pyridine rings is 1. The number of aromatic nitrogens is 1. The summed E-state index contributed by atoms with van der Waals surface area (Å²) >= 11 is 0. The predicted molar refractivity (Wildman–Crippen MR) is 83.6 cm³/mol. The van der Waals surface area contributed by atoms with Crippen molar-refractivity contribution in [1.29, 1.82) is 0 Å². The lowest BCUT2D eigenvalue weighted by molar-refractivity contribution is 0.667. The van der Waals surface area contributed by atoms with Crippen molar-refractivity contribution in [3.8, 4) is 0 Å². The Kier molecular flexibility index (Phi) is 3.75. The smallest absolute Gasteiger partial charge is 0.0734 e. The average molecular weight is 262 g/mol. The molecule has 0 spiro atoms. The van der Waals surface area contributed by atoms with Gasteiger partial charge in [0, 0.05) is 17.6 Å². The zero-order valence-electron chi connectivity index (χ0n) is 11.4. The van der Waals surface area contributed by atoms with E-state index in [1.54, 1.807) is 0 Å². The van der Waals surface area contributed by atoms with E-state index in [9.17, 15) is 0 Å². The number of benzene rings is 2. The molecule has 0 aliphatic heterocycles. The van der Waals surface area contributed by atoms with E-state index < -0.39 is 0 Å². The summed E-state index contributed by atoms with van der Waals surface area (Å²) in [5.41, 5.74) is 9.88. The molecule has 3 aromatic rings. The highest BCUT2D eigenvalue weighted by Crippen LogP contribution is 2.18. The van der Waals surface area contributed by atoms with Gasteiger partial charge in [0.25, 0.3) is 0 Å². The molecule has 0 aliphatic rings. The Morgan fingerprint density at radius 2 is 1.65 bits per heavy atom. The Hall–Kier alpha value is -2.19. The fourth-order valence-electron chi connectivity index (χ4n) is 2.60. The van der Waals surface area contributed by atoms with Crippen molar-refractivity contribution >= 4 is 10.9 Å². The van der Waals surface area contributed by atoms with E-state index >= 15 is 0 Å². The van der Waals surface area contributed by atoms with Crippen LogP contribution in [0.5, 0.6) is 0 Å². The van der Waals surface area contributed by atoms with Gasteiger partial charge in [-0.3, -0.25) is 4.98 Å². The molecule has 1 heterocycles. The molecular formula is C18H18N2. The van der Waals surface area contributed by atoms with Gasteiger partial charge in [0.15, 0.2) is 0 Å². The Morgan fingerprint density at radius 3 is 2.50 bits per heavy atom. The van der Waals surface area contributed by atoms with Crippen LogP contribution in [-0.4, -0.2) is 11.0 Å². The van der Waals surface area contributed by atoms with E-state index in [0.717, 1.165) is 18.4 Å². The number of hydrogen-bond acceptors (Lipinski definition) is 2. The van der Waals surface area contributed by atoms with Gasteiger partial charge in [-0.25, -0.2) is 0 Å². The first-order chi connectivity index (χ1) is 9.83. The fourth-order valence-corrected chi connectivity index (χ4v) is 2.60. The van der Waals surface area contributed by atoms with Crippen LogP contribution in [0.1, 0.15) is 11.1 Å². The van der Waals surface area contributed by atoms with Crippen LogP contribution in [0.2, 0.25) is 0 Å². The predicted octanol–water partition coefficient (Wildman–Crippen LogP) is 3.35. The third-order valence-electron chi connectivity index (χ3n) is 3.54. The largest absolute Gasteiger partial charge is 0.327 e. The van der Waals surface area contributed by atoms with Crippen molar-refractivity contribution in [3.05, 3.63) is 78.0 Å². The van der Waals surface area contributed by atoms with Crippen LogP contribution < -0.4 is 5.73 Å². The minimum Gasteiger partial charge on any atom is -0.327 e. The van der Waals surface area contributed by atoms with E-state index in [1.807, 2.05) is 18.3 Å². The molecule has 3 rings (SSSR count). The number of hydrogen-bond donors (Lipinski definition) is 1. The zero-order chi connectivity index (χ0) is 13.8. The molecule has 0 saturated carbocycles. The first-order valence-corrected chi connectivity index (χ1v) is 6.95. The molecule has 0 radical (unpaired) electrons. The molecule has 2 heteroatoms. The molecule has 0 bridgehead atoms. The van der Waals surface area contributed by atoms with Crippen molar-refractivity contribution in [2.45, 2.75) is 18.9 Å². The second kappa shape index (κ2) is 5.85. The number of nitrogens with zero attached hydrogens (tertiary/aromatic N) is 1. The average Bonchev–Trinajstić information content (AvgIpc) is 2.48. The van der Waals surface area contributed by atoms with Gasteiger partial charge in [-0.2, -0.15) is 0 Å². The zero-order valence-corrected chi connectivity index (χ0v) is 11.4. The molecule has 1 unspecified atom stereocenters. The molecule has 0 aliphatic carbocycles. The summed E-state index contributed by atoms with van der Waals surface area (Å²) in [4.78, 5) is 4.49. The first kappa shape index (κ1) is 12.8. The van der Waals surface area contributed by atoms with Crippen LogP contribution in [0, 0.1) is 0 Å². The van der Waals surface area contributed by atoms with Gasteiger partial charge in [-0.1, -0.05) is 54.6 Å². The SMILES string of the molecule is NC(Cc1ccccc1)Cc1cccc2cccnc12. The van der Waals surface area contributed by atoms with Crippen molar-refractivity contribution in [3.63, 3.8) is 0 Å². The van der Waals surface area contributed by atoms with E-state index in [-0.39, 0.29) is 6.04 Å². The summed E-state index contributed by atoms with van der Waals surface area (Å²) in [7, 11) is 0. The molecule has 100 valence electrons. The molecule has 2 aromatic carbocycles. The number of nitrogens with two attached hydrogens (primary N) is 1. The summed E-state index contributed by atoms with van der Waals surface area (Å²) in [6.07, 6.45) is 3.59. The third kappa shape index (κ3) is 2.86. The van der Waals surface area contributed by atoms with Crippen molar-refractivity contribution in [2.75, 3.05) is 0 Å². The summed E-state index contributed by atoms with van der Waals surface area (Å²) in [6.45, 7) is 0. The highest BCUT2D eigenvalue weighted by molar-refractivity contribution is 5.81. The molecule has 0 fully saturated rings. The minimum atomic E-state index is 0.116. The summed E-state index contributed by atoms with van der Waals surface area (Å²) in [6, 6.07) is 20.9. The van der Waals surface area contributed by atoms with Crippen LogP contribution in [0.4, 0.5) is 0 Å². The van der Waals surface area contributed by atoms with Gasteiger partial charge in [0.2, 0.25) is 0 Å². The Bertz CT molecular complexity index is 687. The Labute approximate surface area is 119 Å². The van der Waals surface area contributed by atoms with Gasteiger partial charge in [0.05, 0.1) is 5.52 Å². The second-order valence-corrected chi connectivity index (χ2v) is 5.15. The van der Waals surface area contributed by atoms with Gasteiger partial charge in [-0.15, -0.1) is 0 Å². The lowest BCUT2D eigenvalue weighted by Crippen LogP contribution is -2.25. The number of para-hydroxylation sites is 1. The van der Waals surface area contributed by atoms with Crippen molar-refractivity contribution in [1.82, 2.24) is 4.98 Å². The maximum Gasteiger partial charge on any atom is 0.0734 e. The van der Waals surface area contributed by atoms with E-state index in [2.05, 4.69) is 53.5 Å². The summed E-state index contributed by atoms with van der Waals surface area (Å²) in [5, 5.41) is 1.18. The van der Waals surface area contributed by atoms with E-state index in [0.29, 0.717) is 0 Å². The number of rotatable bonds is 4. The maximum atomic E-state index is 6.30. The molecule has 2 N–H and O–H groups in total. The first-order valence-electron chi connectivity index (χ1n) is 6.95.